The Morgan fingerprint density at radius 2 is 1.58 bits per heavy atom. The summed E-state index contributed by atoms with van der Waals surface area (Å²) >= 11 is 0. The largest absolute Gasteiger partial charge is 0.405 e. The molecule has 146 valence electrons. The second kappa shape index (κ2) is 22.1. The van der Waals surface area contributed by atoms with E-state index >= 15 is 0 Å². The minimum Gasteiger partial charge on any atom is -0.405 e. The third-order valence-corrected chi connectivity index (χ3v) is 3.56. The zero-order valence-corrected chi connectivity index (χ0v) is 18.1. The van der Waals surface area contributed by atoms with Crippen LogP contribution in [-0.4, -0.2) is 62.3 Å². The molecular formula is C20H46N4. The fourth-order valence-corrected chi connectivity index (χ4v) is 1.97. The van der Waals surface area contributed by atoms with Crippen LogP contribution in [0.4, 0.5) is 0 Å². The quantitative estimate of drug-likeness (QED) is 0.759. The molecule has 0 saturated carbocycles. The van der Waals surface area contributed by atoms with Crippen LogP contribution in [0.2, 0.25) is 0 Å². The van der Waals surface area contributed by atoms with Crippen LogP contribution in [-0.2, 0) is 0 Å². The van der Waals surface area contributed by atoms with E-state index in [2.05, 4.69) is 35.7 Å². The van der Waals surface area contributed by atoms with Crippen LogP contribution in [0.3, 0.4) is 0 Å². The molecule has 1 fully saturated rings. The molecule has 4 nitrogen and oxygen atoms in total. The molecule has 0 amide bonds. The summed E-state index contributed by atoms with van der Waals surface area (Å²) in [5.41, 5.74) is 6.15. The van der Waals surface area contributed by atoms with Gasteiger partial charge in [-0.1, -0.05) is 48.5 Å². The summed E-state index contributed by atoms with van der Waals surface area (Å²) in [5.74, 6) is 0.852. The van der Waals surface area contributed by atoms with Gasteiger partial charge in [0.05, 0.1) is 0 Å². The highest BCUT2D eigenvalue weighted by Crippen LogP contribution is 2.04. The van der Waals surface area contributed by atoms with Crippen LogP contribution in [0.15, 0.2) is 17.3 Å². The zero-order chi connectivity index (χ0) is 19.4. The molecule has 1 aliphatic heterocycles. The van der Waals surface area contributed by atoms with Crippen LogP contribution < -0.4 is 5.73 Å². The molecule has 0 aromatic rings. The minimum absolute atomic E-state index is 0.852. The summed E-state index contributed by atoms with van der Waals surface area (Å²) in [7, 11) is 3.97. The second-order valence-corrected chi connectivity index (χ2v) is 5.76. The Morgan fingerprint density at radius 3 is 1.88 bits per heavy atom. The summed E-state index contributed by atoms with van der Waals surface area (Å²) in [5, 5.41) is 0. The van der Waals surface area contributed by atoms with Gasteiger partial charge in [0, 0.05) is 38.9 Å². The highest BCUT2D eigenvalue weighted by molar-refractivity contribution is 5.94. The molecule has 0 aromatic carbocycles. The topological polar surface area (TPSA) is 44.9 Å². The fourth-order valence-electron chi connectivity index (χ4n) is 1.97. The molecule has 0 aromatic heterocycles. The lowest BCUT2D eigenvalue weighted by Crippen LogP contribution is -2.44. The first kappa shape index (κ1) is 28.0. The van der Waals surface area contributed by atoms with E-state index in [9.17, 15) is 0 Å². The maximum Gasteiger partial charge on any atom is 0.0356 e. The van der Waals surface area contributed by atoms with E-state index in [-0.39, 0.29) is 0 Å². The smallest absolute Gasteiger partial charge is 0.0356 e. The molecule has 1 heterocycles. The van der Waals surface area contributed by atoms with E-state index in [1.807, 2.05) is 34.6 Å². The van der Waals surface area contributed by atoms with E-state index in [1.165, 1.54) is 45.3 Å². The van der Waals surface area contributed by atoms with Gasteiger partial charge in [0.15, 0.2) is 0 Å². The Labute approximate surface area is 153 Å². The Hall–Kier alpha value is -0.870. The highest BCUT2D eigenvalue weighted by Gasteiger charge is 2.12. The van der Waals surface area contributed by atoms with E-state index in [0.717, 1.165) is 18.1 Å². The summed E-state index contributed by atoms with van der Waals surface area (Å²) in [6.45, 7) is 21.0. The zero-order valence-electron chi connectivity index (χ0n) is 18.1. The lowest BCUT2D eigenvalue weighted by atomic mass is 10.1. The van der Waals surface area contributed by atoms with Gasteiger partial charge in [-0.2, -0.15) is 0 Å². The van der Waals surface area contributed by atoms with Crippen LogP contribution in [0.1, 0.15) is 61.3 Å². The molecule has 0 aliphatic carbocycles. The van der Waals surface area contributed by atoms with E-state index in [0.29, 0.717) is 0 Å². The number of hydrogen-bond donors (Lipinski definition) is 1. The molecule has 1 saturated heterocycles. The molecule has 0 atom stereocenters. The predicted molar refractivity (Wildman–Crippen MR) is 113 cm³/mol. The maximum absolute atomic E-state index is 5.12. The third kappa shape index (κ3) is 19.2. The number of likely N-dealkylation sites (N-methyl/N-ethyl adjacent to an activating group) is 1. The highest BCUT2D eigenvalue weighted by atomic mass is 15.2. The van der Waals surface area contributed by atoms with E-state index < -0.39 is 0 Å². The Morgan fingerprint density at radius 1 is 1.08 bits per heavy atom. The molecule has 24 heavy (non-hydrogen) atoms. The van der Waals surface area contributed by atoms with Gasteiger partial charge in [0.1, 0.15) is 0 Å². The number of hydrogen-bond acceptors (Lipinski definition) is 4. The van der Waals surface area contributed by atoms with Gasteiger partial charge in [0.25, 0.3) is 0 Å². The van der Waals surface area contributed by atoms with Crippen molar-refractivity contribution in [2.24, 2.45) is 16.6 Å². The number of piperazine rings is 1. The molecule has 0 spiro atoms. The first-order chi connectivity index (χ1) is 11.5. The SMILES string of the molecule is CC.CC.CC(C)CCN1CCN(C)CC1.CCC(/C=C\N)=NC. The first-order valence-electron chi connectivity index (χ1n) is 9.78. The van der Waals surface area contributed by atoms with Crippen LogP contribution in [0.25, 0.3) is 0 Å². The van der Waals surface area contributed by atoms with Gasteiger partial charge in [0.2, 0.25) is 0 Å². The molecular weight excluding hydrogens is 296 g/mol. The van der Waals surface area contributed by atoms with Crippen molar-refractivity contribution < 1.29 is 0 Å². The predicted octanol–water partition coefficient (Wildman–Crippen LogP) is 4.27. The van der Waals surface area contributed by atoms with Crippen molar-refractivity contribution in [2.45, 2.75) is 61.3 Å². The maximum atomic E-state index is 5.12. The van der Waals surface area contributed by atoms with Crippen molar-refractivity contribution in [3.8, 4) is 0 Å². The monoisotopic (exact) mass is 342 g/mol. The molecule has 4 heteroatoms. The Bertz CT molecular complexity index is 275. The molecule has 0 bridgehead atoms. The van der Waals surface area contributed by atoms with Crippen LogP contribution in [0.5, 0.6) is 0 Å². The number of allylic oxidation sites excluding steroid dienone is 1. The average Bonchev–Trinajstić information content (AvgIpc) is 2.63. The molecule has 0 unspecified atom stereocenters. The van der Waals surface area contributed by atoms with Crippen LogP contribution >= 0.6 is 0 Å². The van der Waals surface area contributed by atoms with Gasteiger partial charge >= 0.3 is 0 Å². The van der Waals surface area contributed by atoms with Crippen molar-refractivity contribution in [3.05, 3.63) is 12.3 Å². The molecule has 0 radical (unpaired) electrons. The molecule has 1 aliphatic rings. The van der Waals surface area contributed by atoms with E-state index in [4.69, 9.17) is 5.73 Å². The fraction of sp³-hybridized carbons (Fsp3) is 0.850. The van der Waals surface area contributed by atoms with Gasteiger partial charge in [-0.3, -0.25) is 4.99 Å². The Balaban J connectivity index is -0.000000321. The van der Waals surface area contributed by atoms with Gasteiger partial charge < -0.3 is 15.5 Å². The summed E-state index contributed by atoms with van der Waals surface area (Å²) in [4.78, 5) is 8.94. The normalized spacial score (nSPS) is 15.8. The standard InChI is InChI=1S/C10H22N2.C6H12N2.2C2H6/c1-10(2)4-5-12-8-6-11(3)7-9-12;1-3-6(8-2)4-5-7;2*1-2/h10H,4-9H2,1-3H3;4-5H,3,7H2,1-2H3;2*1-2H3/b;5-4-,8-6?;;. The van der Waals surface area contributed by atoms with Gasteiger partial charge in [-0.05, 0) is 44.6 Å². The van der Waals surface area contributed by atoms with Crippen molar-refractivity contribution in [1.82, 2.24) is 9.80 Å². The lowest BCUT2D eigenvalue weighted by Gasteiger charge is -2.32. The number of nitrogens with zero attached hydrogens (tertiary/aromatic N) is 3. The van der Waals surface area contributed by atoms with E-state index in [1.54, 1.807) is 13.1 Å². The summed E-state index contributed by atoms with van der Waals surface area (Å²) in [6, 6.07) is 0. The number of aliphatic imine (C=N–C) groups is 1. The van der Waals surface area contributed by atoms with Crippen LogP contribution in [0, 0.1) is 5.92 Å². The average molecular weight is 343 g/mol. The number of nitrogens with two attached hydrogens (primary N) is 1. The van der Waals surface area contributed by atoms with Gasteiger partial charge in [-0.25, -0.2) is 0 Å². The minimum atomic E-state index is 0.852. The van der Waals surface area contributed by atoms with Crippen molar-refractivity contribution >= 4 is 5.71 Å². The summed E-state index contributed by atoms with van der Waals surface area (Å²) < 4.78 is 0. The van der Waals surface area contributed by atoms with Gasteiger partial charge in [-0.15, -0.1) is 0 Å². The third-order valence-electron chi connectivity index (χ3n) is 3.56. The van der Waals surface area contributed by atoms with Crippen molar-refractivity contribution in [1.29, 1.82) is 0 Å². The van der Waals surface area contributed by atoms with Crippen molar-refractivity contribution in [3.63, 3.8) is 0 Å². The first-order valence-corrected chi connectivity index (χ1v) is 9.78. The lowest BCUT2D eigenvalue weighted by molar-refractivity contribution is 0.148. The molecule has 2 N–H and O–H groups in total. The second-order valence-electron chi connectivity index (χ2n) is 5.76. The Kier molecular flexibility index (Phi) is 25.8. The summed E-state index contributed by atoms with van der Waals surface area (Å²) in [6.07, 6.45) is 5.61. The van der Waals surface area contributed by atoms with Crippen molar-refractivity contribution in [2.75, 3.05) is 46.8 Å². The molecule has 1 rings (SSSR count). The number of rotatable bonds is 5.